The monoisotopic (exact) mass is 392 g/mol. The van der Waals surface area contributed by atoms with Crippen LogP contribution >= 0.6 is 24.2 Å². The molecule has 1 fully saturated rings. The number of thioether (sulfide) groups is 1. The topological polar surface area (TPSA) is 85.1 Å². The van der Waals surface area contributed by atoms with Gasteiger partial charge in [0.05, 0.1) is 17.6 Å². The quantitative estimate of drug-likeness (QED) is 0.664. The van der Waals surface area contributed by atoms with Crippen LogP contribution in [0.3, 0.4) is 0 Å². The highest BCUT2D eigenvalue weighted by molar-refractivity contribution is 7.98. The van der Waals surface area contributed by atoms with Gasteiger partial charge in [-0.15, -0.1) is 24.2 Å². The van der Waals surface area contributed by atoms with Crippen molar-refractivity contribution in [3.05, 3.63) is 42.4 Å². The summed E-state index contributed by atoms with van der Waals surface area (Å²) in [4.78, 5) is 14.2. The number of piperidine rings is 1. The first-order valence-electron chi connectivity index (χ1n) is 8.46. The van der Waals surface area contributed by atoms with Gasteiger partial charge in [-0.05, 0) is 50.8 Å². The summed E-state index contributed by atoms with van der Waals surface area (Å²) in [6.45, 7) is 3.30. The van der Waals surface area contributed by atoms with E-state index in [1.807, 2.05) is 6.20 Å². The van der Waals surface area contributed by atoms with E-state index < -0.39 is 0 Å². The van der Waals surface area contributed by atoms with Crippen molar-refractivity contribution in [2.24, 2.45) is 0 Å². The zero-order valence-electron chi connectivity index (χ0n) is 15.0. The molecule has 0 spiro atoms. The number of H-pyrrole nitrogens is 1. The molecule has 0 radical (unpaired) electrons. The van der Waals surface area contributed by atoms with Crippen LogP contribution in [0.25, 0.3) is 22.6 Å². The van der Waals surface area contributed by atoms with E-state index in [9.17, 15) is 0 Å². The summed E-state index contributed by atoms with van der Waals surface area (Å²) < 4.78 is 0. The number of hydrogen-bond donors (Lipinski definition) is 2. The van der Waals surface area contributed by atoms with Crippen molar-refractivity contribution < 1.29 is 5.48 Å². The summed E-state index contributed by atoms with van der Waals surface area (Å²) in [5, 5.41) is 3.50. The van der Waals surface area contributed by atoms with Crippen LogP contribution in [0.1, 0.15) is 31.5 Å². The molecule has 0 aliphatic carbocycles. The number of aromatic nitrogens is 3. The van der Waals surface area contributed by atoms with Crippen molar-refractivity contribution in [1.82, 2.24) is 20.3 Å². The van der Waals surface area contributed by atoms with E-state index in [0.29, 0.717) is 12.0 Å². The zero-order valence-corrected chi connectivity index (χ0v) is 16.6. The summed E-state index contributed by atoms with van der Waals surface area (Å²) in [6, 6.07) is 11.2. The maximum Gasteiger partial charge on any atom is 0.109 e. The molecule has 5 nitrogen and oxygen atoms in total. The number of benzene rings is 1. The summed E-state index contributed by atoms with van der Waals surface area (Å²) in [5.41, 5.74) is 4.17. The molecule has 0 amide bonds. The van der Waals surface area contributed by atoms with E-state index in [1.165, 1.54) is 4.90 Å². The van der Waals surface area contributed by atoms with Crippen LogP contribution in [0.4, 0.5) is 0 Å². The fraction of sp³-hybridized carbons (Fsp3) is 0.368. The van der Waals surface area contributed by atoms with Crippen molar-refractivity contribution in [1.29, 1.82) is 0 Å². The molecule has 0 saturated carbocycles. The van der Waals surface area contributed by atoms with Crippen molar-refractivity contribution in [2.75, 3.05) is 12.8 Å². The average molecular weight is 393 g/mol. The van der Waals surface area contributed by atoms with Gasteiger partial charge in [0.1, 0.15) is 11.5 Å². The Kier molecular flexibility index (Phi) is 7.06. The molecule has 26 heavy (non-hydrogen) atoms. The third-order valence-corrected chi connectivity index (χ3v) is 5.53. The minimum atomic E-state index is 0. The predicted octanol–water partition coefficient (Wildman–Crippen LogP) is 3.75. The van der Waals surface area contributed by atoms with Gasteiger partial charge in [-0.25, -0.2) is 9.97 Å². The molecule has 1 saturated heterocycles. The number of aromatic amines is 1. The second-order valence-electron chi connectivity index (χ2n) is 6.51. The van der Waals surface area contributed by atoms with Gasteiger partial charge in [-0.2, -0.15) is 0 Å². The van der Waals surface area contributed by atoms with Crippen LogP contribution in [0.5, 0.6) is 0 Å². The first kappa shape index (κ1) is 20.7. The first-order valence-corrected chi connectivity index (χ1v) is 9.69. The fourth-order valence-electron chi connectivity index (χ4n) is 3.43. The highest BCUT2D eigenvalue weighted by Gasteiger charge is 2.23. The van der Waals surface area contributed by atoms with Crippen molar-refractivity contribution in [3.8, 4) is 22.6 Å². The third-order valence-electron chi connectivity index (χ3n) is 4.78. The molecule has 1 aromatic rings. The van der Waals surface area contributed by atoms with E-state index in [4.69, 9.17) is 4.98 Å². The fourth-order valence-corrected chi connectivity index (χ4v) is 3.84. The Bertz CT molecular complexity index is 808. The third kappa shape index (κ3) is 4.20. The van der Waals surface area contributed by atoms with Crippen LogP contribution in [-0.4, -0.2) is 39.3 Å². The van der Waals surface area contributed by atoms with Gasteiger partial charge < -0.3 is 15.8 Å². The van der Waals surface area contributed by atoms with E-state index in [1.54, 1.807) is 11.8 Å². The number of halogens is 1. The molecule has 0 aromatic heterocycles. The van der Waals surface area contributed by atoms with Gasteiger partial charge in [-0.3, -0.25) is 0 Å². The molecule has 4 rings (SSSR count). The van der Waals surface area contributed by atoms with Crippen molar-refractivity contribution in [2.45, 2.75) is 36.6 Å². The average Bonchev–Trinajstić information content (AvgIpc) is 3.05. The SMILES string of the molecule is CSc1ccc(-c2cc3[nH]c(C4CCNC(C)C4)ncc-3n2)cc1.Cl.O. The van der Waals surface area contributed by atoms with Crippen LogP contribution in [0.2, 0.25) is 0 Å². The normalized spacial score (nSPS) is 19.6. The molecular weight excluding hydrogens is 368 g/mol. The van der Waals surface area contributed by atoms with Gasteiger partial charge in [0, 0.05) is 22.4 Å². The van der Waals surface area contributed by atoms with Crippen LogP contribution in [0.15, 0.2) is 41.4 Å². The van der Waals surface area contributed by atoms with Crippen molar-refractivity contribution >= 4 is 24.2 Å². The molecule has 3 heterocycles. The smallest absolute Gasteiger partial charge is 0.109 e. The Morgan fingerprint density at radius 1 is 1.15 bits per heavy atom. The van der Waals surface area contributed by atoms with Gasteiger partial charge in [0.15, 0.2) is 0 Å². The van der Waals surface area contributed by atoms with E-state index >= 15 is 0 Å². The molecule has 0 bridgehead atoms. The summed E-state index contributed by atoms with van der Waals surface area (Å²) in [6.07, 6.45) is 6.27. The summed E-state index contributed by atoms with van der Waals surface area (Å²) in [7, 11) is 0. The van der Waals surface area contributed by atoms with Crippen LogP contribution in [0, 0.1) is 0 Å². The zero-order chi connectivity index (χ0) is 16.5. The number of nitrogens with one attached hydrogen (secondary N) is 2. The molecule has 140 valence electrons. The Balaban J connectivity index is 0.00000121. The molecule has 2 unspecified atom stereocenters. The Hall–Kier alpha value is -1.60. The van der Waals surface area contributed by atoms with Crippen LogP contribution < -0.4 is 5.32 Å². The molecule has 7 heteroatoms. The standard InChI is InChI=1S/C19H22N4S.ClH.H2O/c1-12-9-14(7-8-20-12)19-21-11-18-17(23-19)10-16(22-18)13-3-5-15(24-2)6-4-13;;/h3-6,10-12,14,20H,7-9H2,1-2H3,(H,21,23);1H;1H2. The van der Waals surface area contributed by atoms with E-state index in [2.05, 4.69) is 58.8 Å². The van der Waals surface area contributed by atoms with Crippen molar-refractivity contribution in [3.63, 3.8) is 0 Å². The lowest BCUT2D eigenvalue weighted by molar-refractivity contribution is 0.371. The number of hydrogen-bond acceptors (Lipinski definition) is 4. The maximum absolute atomic E-state index is 4.73. The van der Waals surface area contributed by atoms with Crippen LogP contribution in [-0.2, 0) is 0 Å². The van der Waals surface area contributed by atoms with Gasteiger partial charge in [0.25, 0.3) is 0 Å². The Morgan fingerprint density at radius 3 is 2.62 bits per heavy atom. The second kappa shape index (κ2) is 8.86. The Labute approximate surface area is 164 Å². The highest BCUT2D eigenvalue weighted by Crippen LogP contribution is 2.31. The van der Waals surface area contributed by atoms with E-state index in [-0.39, 0.29) is 17.9 Å². The summed E-state index contributed by atoms with van der Waals surface area (Å²) >= 11 is 1.75. The lowest BCUT2D eigenvalue weighted by atomic mass is 9.92. The molecule has 1 aromatic carbocycles. The lowest BCUT2D eigenvalue weighted by Crippen LogP contribution is -2.35. The Morgan fingerprint density at radius 2 is 1.92 bits per heavy atom. The van der Waals surface area contributed by atoms with Gasteiger partial charge >= 0.3 is 0 Å². The highest BCUT2D eigenvalue weighted by atomic mass is 35.5. The second-order valence-corrected chi connectivity index (χ2v) is 7.39. The number of rotatable bonds is 3. The largest absolute Gasteiger partial charge is 0.412 e. The minimum Gasteiger partial charge on any atom is -0.412 e. The molecule has 3 aliphatic heterocycles. The number of nitrogens with zero attached hydrogens (tertiary/aromatic N) is 2. The van der Waals surface area contributed by atoms with Gasteiger partial charge in [0.2, 0.25) is 0 Å². The predicted molar refractivity (Wildman–Crippen MR) is 111 cm³/mol. The first-order chi connectivity index (χ1) is 11.7. The maximum atomic E-state index is 4.73. The molecular formula is C19H25ClN4OS. The molecule has 4 N–H and O–H groups in total. The van der Waals surface area contributed by atoms with E-state index in [0.717, 1.165) is 47.9 Å². The minimum absolute atomic E-state index is 0. The molecule has 2 atom stereocenters. The lowest BCUT2D eigenvalue weighted by Gasteiger charge is -2.27. The summed E-state index contributed by atoms with van der Waals surface area (Å²) in [5.74, 6) is 1.59. The molecule has 3 aliphatic rings. The number of fused-ring (bicyclic) bond motifs is 1. The van der Waals surface area contributed by atoms with Gasteiger partial charge in [-0.1, -0.05) is 12.1 Å².